The summed E-state index contributed by atoms with van der Waals surface area (Å²) in [4.78, 5) is 4.52. The van der Waals surface area contributed by atoms with E-state index >= 15 is 0 Å². The van der Waals surface area contributed by atoms with Gasteiger partial charge in [0.05, 0.1) is 13.2 Å². The minimum atomic E-state index is -0.551. The molecule has 21 heavy (non-hydrogen) atoms. The zero-order valence-corrected chi connectivity index (χ0v) is 14.3. The first-order valence-corrected chi connectivity index (χ1v) is 7.61. The maximum Gasteiger partial charge on any atom is 0.126 e. The number of hydrogen-bond acceptors (Lipinski definition) is 4. The summed E-state index contributed by atoms with van der Waals surface area (Å²) in [6, 6.07) is 5.97. The number of anilines is 1. The second-order valence-electron chi connectivity index (χ2n) is 6.21. The second-order valence-corrected chi connectivity index (χ2v) is 6.21. The van der Waals surface area contributed by atoms with E-state index in [1.807, 2.05) is 12.1 Å². The number of likely N-dealkylation sites (N-methyl/N-ethyl adjacent to an activating group) is 1. The highest BCUT2D eigenvalue weighted by Crippen LogP contribution is 2.34. The van der Waals surface area contributed by atoms with E-state index in [2.05, 4.69) is 43.8 Å². The van der Waals surface area contributed by atoms with Crippen molar-refractivity contribution in [3.05, 3.63) is 23.8 Å². The van der Waals surface area contributed by atoms with Crippen molar-refractivity contribution in [3.63, 3.8) is 0 Å². The van der Waals surface area contributed by atoms with Crippen LogP contribution >= 0.6 is 0 Å². The summed E-state index contributed by atoms with van der Waals surface area (Å²) in [5.41, 5.74) is 1.94. The van der Waals surface area contributed by atoms with Crippen LogP contribution in [0, 0.1) is 5.92 Å². The van der Waals surface area contributed by atoms with Crippen LogP contribution in [-0.4, -0.2) is 50.8 Å². The van der Waals surface area contributed by atoms with Crippen molar-refractivity contribution < 1.29 is 9.84 Å². The summed E-state index contributed by atoms with van der Waals surface area (Å²) < 4.78 is 5.43. The number of methoxy groups -OCH3 is 1. The summed E-state index contributed by atoms with van der Waals surface area (Å²) in [6.07, 6.45) is -0.551. The highest BCUT2D eigenvalue weighted by atomic mass is 16.5. The fraction of sp³-hybridized carbons (Fsp3) is 0.647. The molecule has 0 fully saturated rings. The number of aliphatic hydroxyl groups excluding tert-OH is 1. The Morgan fingerprint density at radius 1 is 1.14 bits per heavy atom. The molecule has 1 aromatic rings. The lowest BCUT2D eigenvalue weighted by molar-refractivity contribution is 0.194. The van der Waals surface area contributed by atoms with Crippen molar-refractivity contribution in [2.75, 3.05) is 45.7 Å². The molecule has 0 spiro atoms. The Morgan fingerprint density at radius 2 is 1.81 bits per heavy atom. The molecule has 0 unspecified atom stereocenters. The van der Waals surface area contributed by atoms with E-state index < -0.39 is 6.10 Å². The Bertz CT molecular complexity index is 431. The van der Waals surface area contributed by atoms with E-state index in [9.17, 15) is 5.11 Å². The third kappa shape index (κ3) is 5.21. The van der Waals surface area contributed by atoms with E-state index in [0.29, 0.717) is 5.92 Å². The van der Waals surface area contributed by atoms with Crippen LogP contribution in [0.15, 0.2) is 18.2 Å². The maximum atomic E-state index is 10.2. The van der Waals surface area contributed by atoms with Gasteiger partial charge >= 0.3 is 0 Å². The SMILES string of the molecule is COc1cccc(N(CCN(C)C)CC(C)C)c1[C@H](C)O. The third-order valence-electron chi connectivity index (χ3n) is 3.42. The van der Waals surface area contributed by atoms with E-state index in [1.54, 1.807) is 14.0 Å². The molecule has 0 aliphatic carbocycles. The summed E-state index contributed by atoms with van der Waals surface area (Å²) in [7, 11) is 5.81. The quantitative estimate of drug-likeness (QED) is 0.800. The highest BCUT2D eigenvalue weighted by Gasteiger charge is 2.19. The molecule has 0 aliphatic heterocycles. The van der Waals surface area contributed by atoms with Crippen LogP contribution in [0.1, 0.15) is 32.4 Å². The van der Waals surface area contributed by atoms with Gasteiger partial charge in [0.25, 0.3) is 0 Å². The number of hydrogen-bond donors (Lipinski definition) is 1. The van der Waals surface area contributed by atoms with Crippen LogP contribution in [-0.2, 0) is 0 Å². The minimum Gasteiger partial charge on any atom is -0.496 e. The second kappa shape index (κ2) is 8.25. The first-order chi connectivity index (χ1) is 9.86. The Kier molecular flexibility index (Phi) is 6.99. The number of ether oxygens (including phenoxy) is 1. The lowest BCUT2D eigenvalue weighted by atomic mass is 10.0. The van der Waals surface area contributed by atoms with Gasteiger partial charge in [-0.1, -0.05) is 19.9 Å². The van der Waals surface area contributed by atoms with Crippen molar-refractivity contribution >= 4 is 5.69 Å². The molecule has 0 amide bonds. The first kappa shape index (κ1) is 17.8. The lowest BCUT2D eigenvalue weighted by Crippen LogP contribution is -2.35. The molecule has 1 aromatic carbocycles. The van der Waals surface area contributed by atoms with Gasteiger partial charge in [-0.3, -0.25) is 0 Å². The number of benzene rings is 1. The molecule has 0 saturated carbocycles. The van der Waals surface area contributed by atoms with Gasteiger partial charge in [0.2, 0.25) is 0 Å². The first-order valence-electron chi connectivity index (χ1n) is 7.61. The topological polar surface area (TPSA) is 35.9 Å². The minimum absolute atomic E-state index is 0.551. The van der Waals surface area contributed by atoms with Gasteiger partial charge in [-0.05, 0) is 39.1 Å². The Morgan fingerprint density at radius 3 is 2.29 bits per heavy atom. The molecule has 0 bridgehead atoms. The van der Waals surface area contributed by atoms with Gasteiger partial charge in [0.15, 0.2) is 0 Å². The van der Waals surface area contributed by atoms with Gasteiger partial charge in [-0.25, -0.2) is 0 Å². The predicted octanol–water partition coefficient (Wildman–Crippen LogP) is 2.77. The number of aliphatic hydroxyl groups is 1. The van der Waals surface area contributed by atoms with E-state index in [0.717, 1.165) is 36.6 Å². The molecule has 120 valence electrons. The van der Waals surface area contributed by atoms with Gasteiger partial charge in [-0.15, -0.1) is 0 Å². The third-order valence-corrected chi connectivity index (χ3v) is 3.42. The molecule has 0 radical (unpaired) electrons. The van der Waals surface area contributed by atoms with Gasteiger partial charge in [-0.2, -0.15) is 0 Å². The summed E-state index contributed by atoms with van der Waals surface area (Å²) in [6.45, 7) is 9.08. The molecule has 1 N–H and O–H groups in total. The lowest BCUT2D eigenvalue weighted by Gasteiger charge is -2.31. The fourth-order valence-electron chi connectivity index (χ4n) is 2.48. The smallest absolute Gasteiger partial charge is 0.126 e. The summed E-state index contributed by atoms with van der Waals surface area (Å²) in [5, 5.41) is 10.2. The average Bonchev–Trinajstić information content (AvgIpc) is 2.41. The largest absolute Gasteiger partial charge is 0.496 e. The zero-order chi connectivity index (χ0) is 16.0. The Labute approximate surface area is 129 Å². The van der Waals surface area contributed by atoms with Crippen molar-refractivity contribution in [3.8, 4) is 5.75 Å². The molecular weight excluding hydrogens is 264 g/mol. The van der Waals surface area contributed by atoms with Crippen LogP contribution in [0.2, 0.25) is 0 Å². The highest BCUT2D eigenvalue weighted by molar-refractivity contribution is 5.60. The van der Waals surface area contributed by atoms with Crippen LogP contribution < -0.4 is 9.64 Å². The molecular formula is C17H30N2O2. The molecule has 0 aromatic heterocycles. The van der Waals surface area contributed by atoms with Gasteiger partial charge in [0.1, 0.15) is 5.75 Å². The monoisotopic (exact) mass is 294 g/mol. The van der Waals surface area contributed by atoms with E-state index in [-0.39, 0.29) is 0 Å². The molecule has 0 aliphatic rings. The molecule has 1 atom stereocenters. The maximum absolute atomic E-state index is 10.2. The molecule has 0 heterocycles. The van der Waals surface area contributed by atoms with Crippen molar-refractivity contribution in [1.29, 1.82) is 0 Å². The summed E-state index contributed by atoms with van der Waals surface area (Å²) in [5.74, 6) is 1.31. The van der Waals surface area contributed by atoms with Crippen LogP contribution in [0.4, 0.5) is 5.69 Å². The normalized spacial score (nSPS) is 12.8. The number of nitrogens with zero attached hydrogens (tertiary/aromatic N) is 2. The van der Waals surface area contributed by atoms with Gasteiger partial charge < -0.3 is 19.6 Å². The van der Waals surface area contributed by atoms with Crippen molar-refractivity contribution in [2.45, 2.75) is 26.9 Å². The molecule has 4 heteroatoms. The van der Waals surface area contributed by atoms with Crippen LogP contribution in [0.25, 0.3) is 0 Å². The van der Waals surface area contributed by atoms with Crippen LogP contribution in [0.3, 0.4) is 0 Å². The van der Waals surface area contributed by atoms with Crippen molar-refractivity contribution in [1.82, 2.24) is 4.90 Å². The zero-order valence-electron chi connectivity index (χ0n) is 14.3. The van der Waals surface area contributed by atoms with Crippen LogP contribution in [0.5, 0.6) is 5.75 Å². The standard InChI is InChI=1S/C17H30N2O2/c1-13(2)12-19(11-10-18(4)5)15-8-7-9-16(21-6)17(15)14(3)20/h7-9,13-14,20H,10-12H2,1-6H3/t14-/m0/s1. The molecule has 4 nitrogen and oxygen atoms in total. The van der Waals surface area contributed by atoms with E-state index in [4.69, 9.17) is 4.74 Å². The fourth-order valence-corrected chi connectivity index (χ4v) is 2.48. The predicted molar refractivity (Wildman–Crippen MR) is 89.2 cm³/mol. The van der Waals surface area contributed by atoms with Crippen molar-refractivity contribution in [2.24, 2.45) is 5.92 Å². The Hall–Kier alpha value is -1.26. The molecule has 0 saturated heterocycles. The number of rotatable bonds is 8. The van der Waals surface area contributed by atoms with E-state index in [1.165, 1.54) is 0 Å². The summed E-state index contributed by atoms with van der Waals surface area (Å²) >= 11 is 0. The Balaban J connectivity index is 3.16. The molecule has 1 rings (SSSR count). The van der Waals surface area contributed by atoms with Gasteiger partial charge in [0, 0.05) is 30.9 Å². The average molecular weight is 294 g/mol.